The van der Waals surface area contributed by atoms with Crippen LogP contribution in [0.25, 0.3) is 0 Å². The van der Waals surface area contributed by atoms with Gasteiger partial charge in [-0.05, 0) is 30.5 Å². The molecule has 5 heteroatoms. The molecule has 2 N–H and O–H groups in total. The van der Waals surface area contributed by atoms with Crippen LogP contribution in [0.15, 0.2) is 24.3 Å². The van der Waals surface area contributed by atoms with Crippen LogP contribution in [0.2, 0.25) is 0 Å². The summed E-state index contributed by atoms with van der Waals surface area (Å²) in [6.45, 7) is 3.24. The summed E-state index contributed by atoms with van der Waals surface area (Å²) in [6.07, 6.45) is 0.170. The largest absolute Gasteiger partial charge is 0.480 e. The van der Waals surface area contributed by atoms with Gasteiger partial charge in [0.1, 0.15) is 11.9 Å². The van der Waals surface area contributed by atoms with Gasteiger partial charge < -0.3 is 10.4 Å². The van der Waals surface area contributed by atoms with E-state index in [0.29, 0.717) is 0 Å². The first-order chi connectivity index (χ1) is 8.40. The molecule has 0 fully saturated rings. The Hall–Kier alpha value is -1.91. The third kappa shape index (κ3) is 4.16. The number of aliphatic carboxylic acids is 1. The van der Waals surface area contributed by atoms with Crippen LogP contribution in [0.4, 0.5) is 4.39 Å². The maximum absolute atomic E-state index is 12.7. The second kappa shape index (κ2) is 6.14. The first-order valence-corrected chi connectivity index (χ1v) is 5.67. The molecule has 98 valence electrons. The summed E-state index contributed by atoms with van der Waals surface area (Å²) in [5, 5.41) is 11.0. The van der Waals surface area contributed by atoms with Crippen molar-refractivity contribution in [3.05, 3.63) is 35.6 Å². The second-order valence-electron chi connectivity index (χ2n) is 4.28. The van der Waals surface area contributed by atoms with E-state index in [1.54, 1.807) is 12.1 Å². The van der Waals surface area contributed by atoms with E-state index in [1.807, 2.05) is 6.92 Å². The Morgan fingerprint density at radius 1 is 1.28 bits per heavy atom. The van der Waals surface area contributed by atoms with E-state index < -0.39 is 12.0 Å². The van der Waals surface area contributed by atoms with E-state index in [0.717, 1.165) is 5.56 Å². The van der Waals surface area contributed by atoms with Crippen LogP contribution < -0.4 is 5.32 Å². The first-order valence-electron chi connectivity index (χ1n) is 5.67. The smallest absolute Gasteiger partial charge is 0.325 e. The molecule has 2 atom stereocenters. The summed E-state index contributed by atoms with van der Waals surface area (Å²) in [5.41, 5.74) is 0.842. The molecular weight excluding hydrogens is 237 g/mol. The highest BCUT2D eigenvalue weighted by molar-refractivity contribution is 5.83. The molecule has 0 aliphatic heterocycles. The van der Waals surface area contributed by atoms with Crippen molar-refractivity contribution in [1.82, 2.24) is 5.32 Å². The molecule has 1 aromatic carbocycles. The Kier molecular flexibility index (Phi) is 4.83. The molecule has 0 aliphatic rings. The van der Waals surface area contributed by atoms with Gasteiger partial charge in [0.2, 0.25) is 5.91 Å². The number of carboxylic acid groups (broad SMARTS) is 1. The predicted molar refractivity (Wildman–Crippen MR) is 64.7 cm³/mol. The number of carbonyl (C=O) groups excluding carboxylic acids is 1. The van der Waals surface area contributed by atoms with Crippen molar-refractivity contribution in [3.8, 4) is 0 Å². The van der Waals surface area contributed by atoms with Crippen molar-refractivity contribution in [1.29, 1.82) is 0 Å². The zero-order chi connectivity index (χ0) is 13.7. The Balaban J connectivity index is 2.54. The van der Waals surface area contributed by atoms with Gasteiger partial charge in [0, 0.05) is 6.42 Å². The molecule has 0 bridgehead atoms. The van der Waals surface area contributed by atoms with Crippen molar-refractivity contribution < 1.29 is 19.1 Å². The van der Waals surface area contributed by atoms with E-state index in [1.165, 1.54) is 19.1 Å². The molecule has 0 aliphatic carbocycles. The second-order valence-corrected chi connectivity index (χ2v) is 4.28. The Morgan fingerprint density at radius 2 is 1.83 bits per heavy atom. The third-order valence-electron chi connectivity index (χ3n) is 2.68. The minimum Gasteiger partial charge on any atom is -0.480 e. The van der Waals surface area contributed by atoms with Crippen LogP contribution in [-0.2, 0) is 9.59 Å². The van der Waals surface area contributed by atoms with Crippen molar-refractivity contribution in [2.75, 3.05) is 0 Å². The summed E-state index contributed by atoms with van der Waals surface area (Å²) in [4.78, 5) is 22.1. The predicted octanol–water partition coefficient (Wildman–Crippen LogP) is 1.91. The highest BCUT2D eigenvalue weighted by Gasteiger charge is 2.16. The van der Waals surface area contributed by atoms with Crippen LogP contribution in [0.5, 0.6) is 0 Å². The number of carboxylic acids is 1. The highest BCUT2D eigenvalue weighted by Crippen LogP contribution is 2.19. The highest BCUT2D eigenvalue weighted by atomic mass is 19.1. The number of amides is 1. The summed E-state index contributed by atoms with van der Waals surface area (Å²) >= 11 is 0. The molecule has 0 saturated heterocycles. The number of carbonyl (C=O) groups is 2. The average Bonchev–Trinajstić information content (AvgIpc) is 2.29. The zero-order valence-electron chi connectivity index (χ0n) is 10.3. The van der Waals surface area contributed by atoms with Crippen LogP contribution in [0.1, 0.15) is 31.7 Å². The van der Waals surface area contributed by atoms with Gasteiger partial charge in [-0.25, -0.2) is 4.39 Å². The molecule has 1 aromatic rings. The van der Waals surface area contributed by atoms with Crippen LogP contribution in [-0.4, -0.2) is 23.0 Å². The molecule has 0 spiro atoms. The van der Waals surface area contributed by atoms with E-state index in [-0.39, 0.29) is 24.1 Å². The van der Waals surface area contributed by atoms with Crippen molar-refractivity contribution in [2.24, 2.45) is 0 Å². The Bertz CT molecular complexity index is 430. The van der Waals surface area contributed by atoms with Crippen LogP contribution in [0, 0.1) is 5.82 Å². The fraction of sp³-hybridized carbons (Fsp3) is 0.385. The Morgan fingerprint density at radius 3 is 2.33 bits per heavy atom. The number of hydrogen-bond acceptors (Lipinski definition) is 2. The lowest BCUT2D eigenvalue weighted by Crippen LogP contribution is -2.38. The lowest BCUT2D eigenvalue weighted by atomic mass is 9.97. The quantitative estimate of drug-likeness (QED) is 0.842. The molecule has 18 heavy (non-hydrogen) atoms. The molecule has 0 radical (unpaired) electrons. The molecule has 0 heterocycles. The normalized spacial score (nSPS) is 13.7. The summed E-state index contributed by atoms with van der Waals surface area (Å²) < 4.78 is 12.7. The minimum absolute atomic E-state index is 0.0911. The lowest BCUT2D eigenvalue weighted by Gasteiger charge is -2.14. The van der Waals surface area contributed by atoms with Crippen molar-refractivity contribution >= 4 is 11.9 Å². The van der Waals surface area contributed by atoms with Gasteiger partial charge in [0.25, 0.3) is 0 Å². The van der Waals surface area contributed by atoms with Gasteiger partial charge in [-0.3, -0.25) is 9.59 Å². The molecule has 1 amide bonds. The number of hydrogen-bond donors (Lipinski definition) is 2. The molecular formula is C13H16FNO3. The molecule has 1 rings (SSSR count). The minimum atomic E-state index is -1.07. The summed E-state index contributed by atoms with van der Waals surface area (Å²) in [7, 11) is 0. The summed E-state index contributed by atoms with van der Waals surface area (Å²) in [6, 6.07) is 5.01. The number of halogens is 1. The number of nitrogens with one attached hydrogen (secondary N) is 1. The van der Waals surface area contributed by atoms with Gasteiger partial charge in [-0.1, -0.05) is 19.1 Å². The topological polar surface area (TPSA) is 66.4 Å². The standard InChI is InChI=1S/C13H16FNO3/c1-8(10-3-5-11(14)6-4-10)7-12(16)15-9(2)13(17)18/h3-6,8-9H,7H2,1-2H3,(H,15,16)(H,17,18)/t8?,9-/m0/s1. The Labute approximate surface area is 105 Å². The van der Waals surface area contributed by atoms with E-state index >= 15 is 0 Å². The van der Waals surface area contributed by atoms with Gasteiger partial charge in [0.05, 0.1) is 0 Å². The van der Waals surface area contributed by atoms with Crippen LogP contribution >= 0.6 is 0 Å². The van der Waals surface area contributed by atoms with Crippen molar-refractivity contribution in [2.45, 2.75) is 32.2 Å². The average molecular weight is 253 g/mol. The van der Waals surface area contributed by atoms with Crippen molar-refractivity contribution in [3.63, 3.8) is 0 Å². The van der Waals surface area contributed by atoms with Gasteiger partial charge >= 0.3 is 5.97 Å². The van der Waals surface area contributed by atoms with E-state index in [4.69, 9.17) is 5.11 Å². The summed E-state index contributed by atoms with van der Waals surface area (Å²) in [5.74, 6) is -1.82. The van der Waals surface area contributed by atoms with Gasteiger partial charge in [0.15, 0.2) is 0 Å². The first kappa shape index (κ1) is 14.2. The van der Waals surface area contributed by atoms with E-state index in [9.17, 15) is 14.0 Å². The maximum Gasteiger partial charge on any atom is 0.325 e. The molecule has 0 saturated carbocycles. The SMILES string of the molecule is CC(CC(=O)N[C@@H](C)C(=O)O)c1ccc(F)cc1. The monoisotopic (exact) mass is 253 g/mol. The number of rotatable bonds is 5. The fourth-order valence-corrected chi connectivity index (χ4v) is 1.55. The zero-order valence-corrected chi connectivity index (χ0v) is 10.3. The van der Waals surface area contributed by atoms with E-state index in [2.05, 4.69) is 5.32 Å². The van der Waals surface area contributed by atoms with Gasteiger partial charge in [-0.15, -0.1) is 0 Å². The maximum atomic E-state index is 12.7. The molecule has 4 nitrogen and oxygen atoms in total. The lowest BCUT2D eigenvalue weighted by molar-refractivity contribution is -0.141. The van der Waals surface area contributed by atoms with Crippen LogP contribution in [0.3, 0.4) is 0 Å². The third-order valence-corrected chi connectivity index (χ3v) is 2.68. The molecule has 1 unspecified atom stereocenters. The fourth-order valence-electron chi connectivity index (χ4n) is 1.55. The molecule has 0 aromatic heterocycles. The number of benzene rings is 1. The van der Waals surface area contributed by atoms with Gasteiger partial charge in [-0.2, -0.15) is 0 Å².